The van der Waals surface area contributed by atoms with E-state index in [1.54, 1.807) is 0 Å². The van der Waals surface area contributed by atoms with Gasteiger partial charge in [0.15, 0.2) is 0 Å². The van der Waals surface area contributed by atoms with E-state index in [2.05, 4.69) is 10.6 Å². The number of hydrogen-bond donors (Lipinski definition) is 3. The number of hydrogen-bond acceptors (Lipinski definition) is 3. The first-order valence-electron chi connectivity index (χ1n) is 8.42. The predicted molar refractivity (Wildman–Crippen MR) is 94.4 cm³/mol. The molecule has 0 unspecified atom stereocenters. The zero-order valence-electron chi connectivity index (χ0n) is 13.6. The molecule has 5 heteroatoms. The maximum atomic E-state index is 12.4. The van der Waals surface area contributed by atoms with Gasteiger partial charge in [-0.15, -0.1) is 0 Å². The minimum absolute atomic E-state index is 0.0411. The van der Waals surface area contributed by atoms with Gasteiger partial charge in [0, 0.05) is 12.3 Å². The van der Waals surface area contributed by atoms with Crippen LogP contribution in [-0.2, 0) is 16.0 Å². The average Bonchev–Trinajstić information content (AvgIpc) is 2.62. The zero-order valence-corrected chi connectivity index (χ0v) is 13.6. The zero-order chi connectivity index (χ0) is 16.9. The Morgan fingerprint density at radius 3 is 2.58 bits per heavy atom. The van der Waals surface area contributed by atoms with Crippen LogP contribution in [0.15, 0.2) is 42.5 Å². The lowest BCUT2D eigenvalue weighted by Crippen LogP contribution is -2.49. The molecular formula is C19H23N3O2. The standard InChI is InChI=1S/C19H23N3O2/c20-18(23)17(22-19(24)14-8-10-21-11-9-14)12-15-6-3-5-13-4-1-2-7-16(13)15/h1-7,14,17,21H,8-12H2,(H2,20,23)(H,22,24)/t17-/m1/s1. The Balaban J connectivity index is 1.76. The van der Waals surface area contributed by atoms with Crippen LogP contribution in [0.4, 0.5) is 0 Å². The van der Waals surface area contributed by atoms with Gasteiger partial charge in [-0.1, -0.05) is 42.5 Å². The van der Waals surface area contributed by atoms with Gasteiger partial charge in [-0.3, -0.25) is 9.59 Å². The summed E-state index contributed by atoms with van der Waals surface area (Å²) in [4.78, 5) is 24.3. The van der Waals surface area contributed by atoms with Gasteiger partial charge in [-0.25, -0.2) is 0 Å². The van der Waals surface area contributed by atoms with E-state index in [1.807, 2.05) is 42.5 Å². The Hall–Kier alpha value is -2.40. The van der Waals surface area contributed by atoms with Crippen molar-refractivity contribution in [3.8, 4) is 0 Å². The number of primary amides is 1. The lowest BCUT2D eigenvalue weighted by atomic mass is 9.95. The topological polar surface area (TPSA) is 84.2 Å². The molecule has 0 bridgehead atoms. The summed E-state index contributed by atoms with van der Waals surface area (Å²) in [6.45, 7) is 1.67. The first-order chi connectivity index (χ1) is 11.6. The summed E-state index contributed by atoms with van der Waals surface area (Å²) in [6, 6.07) is 13.3. The second kappa shape index (κ2) is 7.45. The SMILES string of the molecule is NC(=O)[C@@H](Cc1cccc2ccccc12)NC(=O)C1CCNCC1. The molecule has 1 heterocycles. The van der Waals surface area contributed by atoms with Crippen molar-refractivity contribution in [3.63, 3.8) is 0 Å². The largest absolute Gasteiger partial charge is 0.368 e. The summed E-state index contributed by atoms with van der Waals surface area (Å²) in [6.07, 6.45) is 2.00. The average molecular weight is 325 g/mol. The number of nitrogens with one attached hydrogen (secondary N) is 2. The maximum Gasteiger partial charge on any atom is 0.240 e. The highest BCUT2D eigenvalue weighted by molar-refractivity contribution is 5.90. The maximum absolute atomic E-state index is 12.4. The predicted octanol–water partition coefficient (Wildman–Crippen LogP) is 1.35. The van der Waals surface area contributed by atoms with Gasteiger partial charge >= 0.3 is 0 Å². The third-order valence-electron chi connectivity index (χ3n) is 4.67. The van der Waals surface area contributed by atoms with Crippen molar-refractivity contribution in [2.24, 2.45) is 11.7 Å². The Kier molecular flexibility index (Phi) is 5.11. The molecule has 3 rings (SSSR count). The highest BCUT2D eigenvalue weighted by atomic mass is 16.2. The van der Waals surface area contributed by atoms with Crippen molar-refractivity contribution in [1.29, 1.82) is 0 Å². The van der Waals surface area contributed by atoms with Crippen LogP contribution in [0.5, 0.6) is 0 Å². The summed E-state index contributed by atoms with van der Waals surface area (Å²) in [5, 5.41) is 8.29. The molecule has 0 radical (unpaired) electrons. The minimum atomic E-state index is -0.682. The number of nitrogens with two attached hydrogens (primary N) is 1. The van der Waals surface area contributed by atoms with Crippen molar-refractivity contribution in [1.82, 2.24) is 10.6 Å². The fourth-order valence-electron chi connectivity index (χ4n) is 3.29. The molecule has 2 aromatic carbocycles. The summed E-state index contributed by atoms with van der Waals surface area (Å²) >= 11 is 0. The van der Waals surface area contributed by atoms with E-state index in [9.17, 15) is 9.59 Å². The van der Waals surface area contributed by atoms with Gasteiger partial charge in [0.25, 0.3) is 0 Å². The number of benzene rings is 2. The van der Waals surface area contributed by atoms with E-state index < -0.39 is 11.9 Å². The molecule has 1 aliphatic rings. The fraction of sp³-hybridized carbons (Fsp3) is 0.368. The molecule has 0 aromatic heterocycles. The molecule has 0 saturated carbocycles. The molecule has 126 valence electrons. The van der Waals surface area contributed by atoms with Crippen LogP contribution < -0.4 is 16.4 Å². The monoisotopic (exact) mass is 325 g/mol. The summed E-state index contributed by atoms with van der Waals surface area (Å²) < 4.78 is 0. The van der Waals surface area contributed by atoms with Gasteiger partial charge < -0.3 is 16.4 Å². The quantitative estimate of drug-likeness (QED) is 0.776. The molecule has 0 aliphatic carbocycles. The van der Waals surface area contributed by atoms with Gasteiger partial charge in [0.1, 0.15) is 6.04 Å². The van der Waals surface area contributed by atoms with Gasteiger partial charge in [0.2, 0.25) is 11.8 Å². The number of carbonyl (C=O) groups is 2. The van der Waals surface area contributed by atoms with Crippen LogP contribution >= 0.6 is 0 Å². The molecule has 2 aromatic rings. The highest BCUT2D eigenvalue weighted by Crippen LogP contribution is 2.20. The van der Waals surface area contributed by atoms with E-state index in [1.165, 1.54) is 0 Å². The number of carbonyl (C=O) groups excluding carboxylic acids is 2. The van der Waals surface area contributed by atoms with Crippen molar-refractivity contribution in [3.05, 3.63) is 48.0 Å². The van der Waals surface area contributed by atoms with Crippen LogP contribution in [0.1, 0.15) is 18.4 Å². The third kappa shape index (κ3) is 3.74. The second-order valence-electron chi connectivity index (χ2n) is 6.33. The molecule has 1 atom stereocenters. The summed E-state index contributed by atoms with van der Waals surface area (Å²) in [7, 11) is 0. The molecule has 2 amide bonds. The van der Waals surface area contributed by atoms with E-state index >= 15 is 0 Å². The van der Waals surface area contributed by atoms with Crippen LogP contribution in [0.2, 0.25) is 0 Å². The first-order valence-corrected chi connectivity index (χ1v) is 8.42. The van der Waals surface area contributed by atoms with Crippen molar-refractivity contribution in [2.45, 2.75) is 25.3 Å². The van der Waals surface area contributed by atoms with Gasteiger partial charge in [-0.2, -0.15) is 0 Å². The molecule has 0 spiro atoms. The first kappa shape index (κ1) is 16.5. The summed E-state index contributed by atoms with van der Waals surface area (Å²) in [5.74, 6) is -0.605. The van der Waals surface area contributed by atoms with Crippen LogP contribution in [0.25, 0.3) is 10.8 Å². The van der Waals surface area contributed by atoms with Crippen LogP contribution in [0, 0.1) is 5.92 Å². The van der Waals surface area contributed by atoms with Crippen LogP contribution in [-0.4, -0.2) is 30.9 Å². The van der Waals surface area contributed by atoms with Crippen molar-refractivity contribution >= 4 is 22.6 Å². The second-order valence-corrected chi connectivity index (χ2v) is 6.33. The molecule has 24 heavy (non-hydrogen) atoms. The Morgan fingerprint density at radius 1 is 1.12 bits per heavy atom. The Labute approximate surface area is 141 Å². The number of rotatable bonds is 5. The van der Waals surface area contributed by atoms with Crippen molar-refractivity contribution < 1.29 is 9.59 Å². The highest BCUT2D eigenvalue weighted by Gasteiger charge is 2.25. The summed E-state index contributed by atoms with van der Waals surface area (Å²) in [5.41, 5.74) is 6.56. The lowest BCUT2D eigenvalue weighted by Gasteiger charge is -2.24. The number of piperidine rings is 1. The third-order valence-corrected chi connectivity index (χ3v) is 4.67. The van der Waals surface area contributed by atoms with E-state index in [-0.39, 0.29) is 11.8 Å². The number of amides is 2. The van der Waals surface area contributed by atoms with Gasteiger partial charge in [-0.05, 0) is 42.3 Å². The minimum Gasteiger partial charge on any atom is -0.368 e. The molecule has 5 nitrogen and oxygen atoms in total. The lowest BCUT2D eigenvalue weighted by molar-refractivity contribution is -0.130. The molecule has 1 fully saturated rings. The van der Waals surface area contributed by atoms with Crippen LogP contribution in [0.3, 0.4) is 0 Å². The molecular weight excluding hydrogens is 302 g/mol. The van der Waals surface area contributed by atoms with E-state index in [0.717, 1.165) is 42.3 Å². The fourth-order valence-corrected chi connectivity index (χ4v) is 3.29. The molecule has 1 aliphatic heterocycles. The van der Waals surface area contributed by atoms with Crippen molar-refractivity contribution in [2.75, 3.05) is 13.1 Å². The number of fused-ring (bicyclic) bond motifs is 1. The Bertz CT molecular complexity index is 733. The van der Waals surface area contributed by atoms with E-state index in [4.69, 9.17) is 5.73 Å². The smallest absolute Gasteiger partial charge is 0.240 e. The Morgan fingerprint density at radius 2 is 1.83 bits per heavy atom. The molecule has 4 N–H and O–H groups in total. The van der Waals surface area contributed by atoms with E-state index in [0.29, 0.717) is 6.42 Å². The molecule has 1 saturated heterocycles. The van der Waals surface area contributed by atoms with Gasteiger partial charge in [0.05, 0.1) is 0 Å². The normalized spacial score (nSPS) is 16.7.